The highest BCUT2D eigenvalue weighted by Crippen LogP contribution is 2.24. The SMILES string of the molecule is CC(C)C(=O)Nc1cc(Cl)ccc1/C=C/C(=O)N1C[C@H](C)N(Cc2ccc(F)cc2)C[C@H]1C. The van der Waals surface area contributed by atoms with Crippen LogP contribution in [0.2, 0.25) is 5.02 Å². The van der Waals surface area contributed by atoms with Crippen LogP contribution in [0.15, 0.2) is 48.5 Å². The number of amides is 2. The van der Waals surface area contributed by atoms with E-state index in [0.29, 0.717) is 23.8 Å². The lowest BCUT2D eigenvalue weighted by Gasteiger charge is -2.44. The molecule has 2 aromatic rings. The molecule has 0 saturated carbocycles. The second-order valence-corrected chi connectivity index (χ2v) is 9.39. The van der Waals surface area contributed by atoms with Crippen molar-refractivity contribution in [3.8, 4) is 0 Å². The van der Waals surface area contributed by atoms with E-state index in [1.807, 2.05) is 25.7 Å². The lowest BCUT2D eigenvalue weighted by molar-refractivity contribution is -0.131. The summed E-state index contributed by atoms with van der Waals surface area (Å²) in [4.78, 5) is 29.3. The second kappa shape index (κ2) is 10.9. The molecule has 1 saturated heterocycles. The predicted molar refractivity (Wildman–Crippen MR) is 131 cm³/mol. The molecule has 5 nitrogen and oxygen atoms in total. The second-order valence-electron chi connectivity index (χ2n) is 8.95. The molecule has 1 heterocycles. The molecular weight excluding hydrogens is 441 g/mol. The van der Waals surface area contributed by atoms with Crippen molar-refractivity contribution in [2.75, 3.05) is 18.4 Å². The Hall–Kier alpha value is -2.70. The number of nitrogens with one attached hydrogen (secondary N) is 1. The average molecular weight is 472 g/mol. The van der Waals surface area contributed by atoms with Gasteiger partial charge in [0.25, 0.3) is 0 Å². The standard InChI is InChI=1S/C26H31ClFN3O2/c1-17(2)26(33)29-24-13-22(27)9-7-21(24)8-12-25(32)31-15-18(3)30(14-19(31)4)16-20-5-10-23(28)11-6-20/h5-13,17-19H,14-16H2,1-4H3,(H,29,33)/b12-8+/t18-,19+/m0/s1. The van der Waals surface area contributed by atoms with Gasteiger partial charge in [-0.1, -0.05) is 43.6 Å². The number of nitrogens with zero attached hydrogens (tertiary/aromatic N) is 2. The zero-order valence-corrected chi connectivity index (χ0v) is 20.3. The number of benzene rings is 2. The third kappa shape index (κ3) is 6.65. The number of anilines is 1. The van der Waals surface area contributed by atoms with Crippen molar-refractivity contribution in [3.05, 3.63) is 70.5 Å². The van der Waals surface area contributed by atoms with E-state index >= 15 is 0 Å². The molecule has 33 heavy (non-hydrogen) atoms. The topological polar surface area (TPSA) is 52.7 Å². The summed E-state index contributed by atoms with van der Waals surface area (Å²) in [6, 6.07) is 12.0. The third-order valence-electron chi connectivity index (χ3n) is 5.90. The maximum Gasteiger partial charge on any atom is 0.246 e. The summed E-state index contributed by atoms with van der Waals surface area (Å²) >= 11 is 6.11. The summed E-state index contributed by atoms with van der Waals surface area (Å²) < 4.78 is 13.2. The number of carbonyl (C=O) groups is 2. The van der Waals surface area contributed by atoms with Gasteiger partial charge in [0, 0.05) is 54.4 Å². The number of hydrogen-bond acceptors (Lipinski definition) is 3. The molecule has 3 rings (SSSR count). The van der Waals surface area contributed by atoms with Crippen LogP contribution in [0.4, 0.5) is 10.1 Å². The zero-order valence-electron chi connectivity index (χ0n) is 19.5. The van der Waals surface area contributed by atoms with Crippen molar-refractivity contribution >= 4 is 35.2 Å². The van der Waals surface area contributed by atoms with Crippen LogP contribution in [0.5, 0.6) is 0 Å². The zero-order chi connectivity index (χ0) is 24.1. The van der Waals surface area contributed by atoms with Gasteiger partial charge >= 0.3 is 0 Å². The molecular formula is C26H31ClFN3O2. The molecule has 2 aromatic carbocycles. The first-order valence-corrected chi connectivity index (χ1v) is 11.6. The summed E-state index contributed by atoms with van der Waals surface area (Å²) in [6.07, 6.45) is 3.27. The van der Waals surface area contributed by atoms with Gasteiger partial charge in [0.1, 0.15) is 5.82 Å². The van der Waals surface area contributed by atoms with Crippen LogP contribution in [0.25, 0.3) is 6.08 Å². The fraction of sp³-hybridized carbons (Fsp3) is 0.385. The molecule has 0 aliphatic carbocycles. The van der Waals surface area contributed by atoms with Crippen LogP contribution in [-0.2, 0) is 16.1 Å². The highest BCUT2D eigenvalue weighted by Gasteiger charge is 2.31. The van der Waals surface area contributed by atoms with Gasteiger partial charge in [0.2, 0.25) is 11.8 Å². The maximum atomic E-state index is 13.2. The fourth-order valence-electron chi connectivity index (χ4n) is 3.87. The van der Waals surface area contributed by atoms with Crippen molar-refractivity contribution in [3.63, 3.8) is 0 Å². The molecule has 1 aliphatic rings. The molecule has 1 N–H and O–H groups in total. The van der Waals surface area contributed by atoms with Crippen LogP contribution in [0, 0.1) is 11.7 Å². The van der Waals surface area contributed by atoms with Gasteiger partial charge in [-0.2, -0.15) is 0 Å². The molecule has 176 valence electrons. The van der Waals surface area contributed by atoms with Crippen LogP contribution in [-0.4, -0.2) is 46.8 Å². The Bertz CT molecular complexity index is 1020. The molecule has 0 unspecified atom stereocenters. The van der Waals surface area contributed by atoms with Crippen LogP contribution in [0.1, 0.15) is 38.8 Å². The minimum atomic E-state index is -0.241. The molecule has 0 aromatic heterocycles. The van der Waals surface area contributed by atoms with Gasteiger partial charge in [-0.05, 0) is 55.3 Å². The largest absolute Gasteiger partial charge is 0.334 e. The van der Waals surface area contributed by atoms with Gasteiger partial charge in [0.15, 0.2) is 0 Å². The quantitative estimate of drug-likeness (QED) is 0.588. The Balaban J connectivity index is 1.67. The minimum absolute atomic E-state index is 0.0316. The van der Waals surface area contributed by atoms with Crippen molar-refractivity contribution in [1.82, 2.24) is 9.80 Å². The van der Waals surface area contributed by atoms with E-state index in [4.69, 9.17) is 11.6 Å². The van der Waals surface area contributed by atoms with E-state index in [2.05, 4.69) is 17.1 Å². The van der Waals surface area contributed by atoms with Crippen LogP contribution in [0.3, 0.4) is 0 Å². The lowest BCUT2D eigenvalue weighted by Crippen LogP contribution is -2.57. The Kier molecular flexibility index (Phi) is 8.27. The Morgan fingerprint density at radius 3 is 2.48 bits per heavy atom. The first-order valence-electron chi connectivity index (χ1n) is 11.2. The molecule has 7 heteroatoms. The van der Waals surface area contributed by atoms with E-state index < -0.39 is 0 Å². The minimum Gasteiger partial charge on any atom is -0.334 e. The first kappa shape index (κ1) is 24.9. The summed E-state index contributed by atoms with van der Waals surface area (Å²) in [7, 11) is 0. The van der Waals surface area contributed by atoms with E-state index in [1.165, 1.54) is 12.1 Å². The van der Waals surface area contributed by atoms with E-state index in [-0.39, 0.29) is 35.6 Å². The van der Waals surface area contributed by atoms with Gasteiger partial charge in [0.05, 0.1) is 0 Å². The van der Waals surface area contributed by atoms with Crippen LogP contribution >= 0.6 is 11.6 Å². The monoisotopic (exact) mass is 471 g/mol. The summed E-state index contributed by atoms with van der Waals surface area (Å²) in [5.74, 6) is -0.601. The molecule has 2 amide bonds. The molecule has 2 atom stereocenters. The van der Waals surface area contributed by atoms with Crippen molar-refractivity contribution in [2.24, 2.45) is 5.92 Å². The Morgan fingerprint density at radius 2 is 1.82 bits per heavy atom. The Morgan fingerprint density at radius 1 is 1.12 bits per heavy atom. The van der Waals surface area contributed by atoms with Gasteiger partial charge < -0.3 is 10.2 Å². The number of hydrogen-bond donors (Lipinski definition) is 1. The molecule has 1 fully saturated rings. The highest BCUT2D eigenvalue weighted by molar-refractivity contribution is 6.31. The van der Waals surface area contributed by atoms with E-state index in [9.17, 15) is 14.0 Å². The smallest absolute Gasteiger partial charge is 0.246 e. The van der Waals surface area contributed by atoms with Gasteiger partial charge in [-0.15, -0.1) is 0 Å². The number of carbonyl (C=O) groups excluding carboxylic acids is 2. The Labute approximate surface area is 200 Å². The van der Waals surface area contributed by atoms with Crippen molar-refractivity contribution in [1.29, 1.82) is 0 Å². The molecule has 1 aliphatic heterocycles. The van der Waals surface area contributed by atoms with Gasteiger partial charge in [-0.25, -0.2) is 4.39 Å². The molecule has 0 bridgehead atoms. The van der Waals surface area contributed by atoms with Crippen molar-refractivity contribution < 1.29 is 14.0 Å². The average Bonchev–Trinajstić information content (AvgIpc) is 2.76. The first-order chi connectivity index (χ1) is 15.6. The highest BCUT2D eigenvalue weighted by atomic mass is 35.5. The molecule has 0 spiro atoms. The summed E-state index contributed by atoms with van der Waals surface area (Å²) in [5.41, 5.74) is 2.35. The number of piperazine rings is 1. The normalized spacial score (nSPS) is 19.3. The van der Waals surface area contributed by atoms with Crippen molar-refractivity contribution in [2.45, 2.75) is 46.3 Å². The van der Waals surface area contributed by atoms with E-state index in [0.717, 1.165) is 17.7 Å². The predicted octanol–water partition coefficient (Wildman–Crippen LogP) is 5.21. The third-order valence-corrected chi connectivity index (χ3v) is 6.14. The molecule has 0 radical (unpaired) electrons. The van der Waals surface area contributed by atoms with Gasteiger partial charge in [-0.3, -0.25) is 14.5 Å². The summed E-state index contributed by atoms with van der Waals surface area (Å²) in [6.45, 7) is 9.81. The number of halogens is 2. The lowest BCUT2D eigenvalue weighted by atomic mass is 10.1. The fourth-order valence-corrected chi connectivity index (χ4v) is 4.04. The van der Waals surface area contributed by atoms with Crippen LogP contribution < -0.4 is 5.32 Å². The number of rotatable bonds is 6. The van der Waals surface area contributed by atoms with E-state index in [1.54, 1.807) is 42.5 Å². The maximum absolute atomic E-state index is 13.2. The summed E-state index contributed by atoms with van der Waals surface area (Å²) in [5, 5.41) is 3.38.